The number of nitrogens with one attached hydrogen (secondary N) is 1. The first-order chi connectivity index (χ1) is 14.4. The largest absolute Gasteiger partial charge is 0.451 e. The van der Waals surface area contributed by atoms with Crippen LogP contribution in [0.25, 0.3) is 11.3 Å². The first-order valence-corrected chi connectivity index (χ1v) is 9.79. The van der Waals surface area contributed by atoms with E-state index in [9.17, 15) is 13.6 Å². The van der Waals surface area contributed by atoms with Crippen molar-refractivity contribution in [2.75, 3.05) is 37.4 Å². The van der Waals surface area contributed by atoms with Crippen molar-refractivity contribution in [1.82, 2.24) is 4.90 Å². The number of halogens is 2. The molecule has 4 rings (SSSR count). The highest BCUT2D eigenvalue weighted by Crippen LogP contribution is 2.27. The zero-order valence-electron chi connectivity index (χ0n) is 16.9. The summed E-state index contributed by atoms with van der Waals surface area (Å²) in [5, 5.41) is 2.78. The predicted octanol–water partition coefficient (Wildman–Crippen LogP) is 4.62. The molecule has 1 unspecified atom stereocenters. The molecule has 1 fully saturated rings. The zero-order valence-corrected chi connectivity index (χ0v) is 16.9. The lowest BCUT2D eigenvalue weighted by Crippen LogP contribution is -2.31. The molecule has 1 aliphatic heterocycles. The van der Waals surface area contributed by atoms with Gasteiger partial charge in [-0.25, -0.2) is 8.78 Å². The summed E-state index contributed by atoms with van der Waals surface area (Å²) in [5.41, 5.74) is 1.85. The van der Waals surface area contributed by atoms with Crippen LogP contribution >= 0.6 is 0 Å². The second kappa shape index (κ2) is 8.28. The maximum Gasteiger partial charge on any atom is 0.291 e. The number of likely N-dealkylation sites (N-methyl/N-ethyl adjacent to an activating group) is 1. The van der Waals surface area contributed by atoms with E-state index in [2.05, 4.69) is 29.2 Å². The number of benzene rings is 2. The SMILES string of the molecule is CN(C)C1CCN(c2ccc(NC(=O)c3ccc(-c4ccc(F)cc4F)o3)cc2)C1. The van der Waals surface area contributed by atoms with Crippen molar-refractivity contribution in [3.63, 3.8) is 0 Å². The van der Waals surface area contributed by atoms with Crippen LogP contribution in [0.5, 0.6) is 0 Å². The Kier molecular flexibility index (Phi) is 5.55. The standard InChI is InChI=1S/C23H23F2N3O2/c1-27(2)18-11-12-28(14-18)17-6-4-16(5-7-17)26-23(29)22-10-9-21(30-22)19-8-3-15(24)13-20(19)25/h3-10,13,18H,11-12,14H2,1-2H3,(H,26,29). The molecule has 7 heteroatoms. The summed E-state index contributed by atoms with van der Waals surface area (Å²) in [4.78, 5) is 17.0. The lowest BCUT2D eigenvalue weighted by Gasteiger charge is -2.22. The molecule has 0 radical (unpaired) electrons. The molecule has 3 aromatic rings. The number of carbonyl (C=O) groups is 1. The number of amides is 1. The molecule has 0 spiro atoms. The second-order valence-corrected chi connectivity index (χ2v) is 7.64. The monoisotopic (exact) mass is 411 g/mol. The molecule has 1 saturated heterocycles. The number of hydrogen-bond donors (Lipinski definition) is 1. The minimum absolute atomic E-state index is 0.0474. The Morgan fingerprint density at radius 2 is 1.87 bits per heavy atom. The minimum Gasteiger partial charge on any atom is -0.451 e. The molecular formula is C23H23F2N3O2. The number of hydrogen-bond acceptors (Lipinski definition) is 4. The van der Waals surface area contributed by atoms with Crippen molar-refractivity contribution >= 4 is 17.3 Å². The van der Waals surface area contributed by atoms with Gasteiger partial charge in [0.25, 0.3) is 5.91 Å². The fourth-order valence-electron chi connectivity index (χ4n) is 3.64. The molecule has 1 aliphatic rings. The first kappa shape index (κ1) is 20.1. The van der Waals surface area contributed by atoms with Crippen molar-refractivity contribution < 1.29 is 18.0 Å². The van der Waals surface area contributed by atoms with Crippen LogP contribution in [0.15, 0.2) is 59.0 Å². The number of rotatable bonds is 5. The van der Waals surface area contributed by atoms with Crippen LogP contribution in [0.2, 0.25) is 0 Å². The molecule has 1 amide bonds. The lowest BCUT2D eigenvalue weighted by molar-refractivity contribution is 0.0997. The van der Waals surface area contributed by atoms with Crippen molar-refractivity contribution in [3.05, 3.63) is 72.0 Å². The summed E-state index contributed by atoms with van der Waals surface area (Å²) in [6.45, 7) is 1.98. The molecule has 2 aromatic carbocycles. The van der Waals surface area contributed by atoms with Crippen LogP contribution in [0.3, 0.4) is 0 Å². The Hall–Kier alpha value is -3.19. The average molecular weight is 411 g/mol. The smallest absolute Gasteiger partial charge is 0.291 e. The lowest BCUT2D eigenvalue weighted by atomic mass is 10.1. The van der Waals surface area contributed by atoms with Crippen LogP contribution in [-0.2, 0) is 0 Å². The highest BCUT2D eigenvalue weighted by molar-refractivity contribution is 6.02. The van der Waals surface area contributed by atoms with Crippen LogP contribution in [-0.4, -0.2) is 44.0 Å². The molecule has 1 aromatic heterocycles. The molecule has 1 atom stereocenters. The van der Waals surface area contributed by atoms with Gasteiger partial charge in [-0.3, -0.25) is 4.79 Å². The Morgan fingerprint density at radius 1 is 1.10 bits per heavy atom. The number of carbonyl (C=O) groups excluding carboxylic acids is 1. The Morgan fingerprint density at radius 3 is 2.53 bits per heavy atom. The molecular weight excluding hydrogens is 388 g/mol. The zero-order chi connectivity index (χ0) is 21.3. The van der Waals surface area contributed by atoms with Gasteiger partial charge in [-0.1, -0.05) is 0 Å². The van der Waals surface area contributed by atoms with Gasteiger partial charge in [0, 0.05) is 36.6 Å². The number of nitrogens with zero attached hydrogens (tertiary/aromatic N) is 2. The fraction of sp³-hybridized carbons (Fsp3) is 0.261. The van der Waals surface area contributed by atoms with Crippen LogP contribution < -0.4 is 10.2 Å². The minimum atomic E-state index is -0.745. The van der Waals surface area contributed by atoms with Crippen molar-refractivity contribution in [1.29, 1.82) is 0 Å². The van der Waals surface area contributed by atoms with E-state index in [0.29, 0.717) is 11.7 Å². The van der Waals surface area contributed by atoms with Gasteiger partial charge in [-0.15, -0.1) is 0 Å². The average Bonchev–Trinajstić information content (AvgIpc) is 3.39. The topological polar surface area (TPSA) is 48.7 Å². The quantitative estimate of drug-likeness (QED) is 0.666. The maximum atomic E-state index is 13.9. The summed E-state index contributed by atoms with van der Waals surface area (Å²) in [5.74, 6) is -1.64. The van der Waals surface area contributed by atoms with Crippen molar-refractivity contribution in [2.45, 2.75) is 12.5 Å². The van der Waals surface area contributed by atoms with Gasteiger partial charge in [0.05, 0.1) is 5.56 Å². The summed E-state index contributed by atoms with van der Waals surface area (Å²) < 4.78 is 32.5. The third kappa shape index (κ3) is 4.21. The van der Waals surface area contributed by atoms with Crippen LogP contribution in [0.1, 0.15) is 17.0 Å². The van der Waals surface area contributed by atoms with Crippen LogP contribution in [0.4, 0.5) is 20.2 Å². The van der Waals surface area contributed by atoms with Gasteiger partial charge < -0.3 is 19.5 Å². The maximum absolute atomic E-state index is 13.9. The van der Waals surface area contributed by atoms with Gasteiger partial charge in [0.2, 0.25) is 0 Å². The Balaban J connectivity index is 1.41. The van der Waals surface area contributed by atoms with E-state index in [0.717, 1.165) is 37.3 Å². The van der Waals surface area contributed by atoms with Crippen molar-refractivity contribution in [3.8, 4) is 11.3 Å². The molecule has 1 N–H and O–H groups in total. The van der Waals surface area contributed by atoms with E-state index in [-0.39, 0.29) is 17.1 Å². The molecule has 156 valence electrons. The second-order valence-electron chi connectivity index (χ2n) is 7.64. The summed E-state index contributed by atoms with van der Waals surface area (Å²) in [6, 6.07) is 14.4. The van der Waals surface area contributed by atoms with E-state index >= 15 is 0 Å². The fourth-order valence-corrected chi connectivity index (χ4v) is 3.64. The third-order valence-corrected chi connectivity index (χ3v) is 5.41. The third-order valence-electron chi connectivity index (χ3n) is 5.41. The van der Waals surface area contributed by atoms with Gasteiger partial charge in [0.1, 0.15) is 17.4 Å². The van der Waals surface area contributed by atoms with Gasteiger partial charge >= 0.3 is 0 Å². The van der Waals surface area contributed by atoms with Gasteiger partial charge in [-0.05, 0) is 69.0 Å². The predicted molar refractivity (Wildman–Crippen MR) is 113 cm³/mol. The van der Waals surface area contributed by atoms with Gasteiger partial charge in [0.15, 0.2) is 5.76 Å². The van der Waals surface area contributed by atoms with E-state index in [4.69, 9.17) is 4.42 Å². The molecule has 5 nitrogen and oxygen atoms in total. The highest BCUT2D eigenvalue weighted by Gasteiger charge is 2.24. The van der Waals surface area contributed by atoms with E-state index < -0.39 is 17.5 Å². The summed E-state index contributed by atoms with van der Waals surface area (Å²) in [6.07, 6.45) is 1.13. The van der Waals surface area contributed by atoms with Gasteiger partial charge in [-0.2, -0.15) is 0 Å². The molecule has 30 heavy (non-hydrogen) atoms. The van der Waals surface area contributed by atoms with E-state index in [1.807, 2.05) is 24.3 Å². The number of furan rings is 1. The molecule has 0 saturated carbocycles. The summed E-state index contributed by atoms with van der Waals surface area (Å²) in [7, 11) is 4.19. The molecule has 2 heterocycles. The summed E-state index contributed by atoms with van der Waals surface area (Å²) >= 11 is 0. The van der Waals surface area contributed by atoms with Crippen molar-refractivity contribution in [2.24, 2.45) is 0 Å². The first-order valence-electron chi connectivity index (χ1n) is 9.79. The highest BCUT2D eigenvalue weighted by atomic mass is 19.1. The number of anilines is 2. The van der Waals surface area contributed by atoms with E-state index in [1.165, 1.54) is 18.2 Å². The molecule has 0 bridgehead atoms. The normalized spacial score (nSPS) is 16.3. The Labute approximate surface area is 173 Å². The van der Waals surface area contributed by atoms with Crippen LogP contribution in [0, 0.1) is 11.6 Å². The van der Waals surface area contributed by atoms with E-state index in [1.54, 1.807) is 0 Å². The molecule has 0 aliphatic carbocycles. The Bertz CT molecular complexity index is 1050.